The fraction of sp³-hybridized carbons (Fsp3) is 0.259. The Morgan fingerprint density at radius 2 is 1.58 bits per heavy atom. The van der Waals surface area contributed by atoms with E-state index >= 15 is 0 Å². The van der Waals surface area contributed by atoms with Crippen LogP contribution < -0.4 is 5.32 Å². The van der Waals surface area contributed by atoms with Gasteiger partial charge in [0.05, 0.1) is 19.6 Å². The lowest BCUT2D eigenvalue weighted by Crippen LogP contribution is -2.61. The average Bonchev–Trinajstić information content (AvgIpc) is 2.85. The van der Waals surface area contributed by atoms with Gasteiger partial charge in [-0.15, -0.1) is 0 Å². The molecule has 1 saturated heterocycles. The molecule has 2 amide bonds. The Kier molecular flexibility index (Phi) is 6.84. The molecule has 0 spiro atoms. The summed E-state index contributed by atoms with van der Waals surface area (Å²) in [4.78, 5) is 27.6. The van der Waals surface area contributed by atoms with Crippen LogP contribution in [0.4, 0.5) is 4.39 Å². The van der Waals surface area contributed by atoms with E-state index < -0.39 is 5.60 Å². The van der Waals surface area contributed by atoms with Gasteiger partial charge in [0, 0.05) is 20.0 Å². The van der Waals surface area contributed by atoms with Crippen LogP contribution in [-0.4, -0.2) is 49.1 Å². The van der Waals surface area contributed by atoms with Crippen molar-refractivity contribution in [2.75, 3.05) is 26.7 Å². The zero-order chi connectivity index (χ0) is 23.3. The number of benzene rings is 3. The fourth-order valence-corrected chi connectivity index (χ4v) is 4.22. The van der Waals surface area contributed by atoms with Crippen LogP contribution in [0, 0.1) is 5.82 Å². The van der Waals surface area contributed by atoms with Gasteiger partial charge in [-0.1, -0.05) is 66.7 Å². The van der Waals surface area contributed by atoms with Crippen molar-refractivity contribution >= 4 is 11.8 Å². The Hall–Kier alpha value is -3.51. The maximum atomic E-state index is 13.2. The van der Waals surface area contributed by atoms with E-state index in [0.29, 0.717) is 19.6 Å². The summed E-state index contributed by atoms with van der Waals surface area (Å²) < 4.78 is 19.2. The molecule has 6 heteroatoms. The van der Waals surface area contributed by atoms with Gasteiger partial charge in [0.1, 0.15) is 5.82 Å². The van der Waals surface area contributed by atoms with E-state index in [-0.39, 0.29) is 30.6 Å². The number of carbonyl (C=O) groups is 2. The number of likely N-dealkylation sites (N-methyl/N-ethyl adjacent to an activating group) is 1. The van der Waals surface area contributed by atoms with E-state index in [1.807, 2.05) is 54.6 Å². The van der Waals surface area contributed by atoms with Gasteiger partial charge in [-0.3, -0.25) is 9.59 Å². The largest absolute Gasteiger partial charge is 0.361 e. The summed E-state index contributed by atoms with van der Waals surface area (Å²) in [7, 11) is 1.58. The van der Waals surface area contributed by atoms with Crippen LogP contribution in [0.3, 0.4) is 0 Å². The molecule has 1 aliphatic rings. The van der Waals surface area contributed by atoms with E-state index in [2.05, 4.69) is 5.32 Å². The molecule has 4 rings (SSSR count). The maximum absolute atomic E-state index is 13.2. The van der Waals surface area contributed by atoms with Crippen molar-refractivity contribution in [3.63, 3.8) is 0 Å². The summed E-state index contributed by atoms with van der Waals surface area (Å²) in [5.41, 5.74) is 2.57. The van der Waals surface area contributed by atoms with Crippen LogP contribution in [0.1, 0.15) is 11.1 Å². The van der Waals surface area contributed by atoms with Crippen LogP contribution in [0.2, 0.25) is 0 Å². The summed E-state index contributed by atoms with van der Waals surface area (Å²) in [6.07, 6.45) is 0.627. The highest BCUT2D eigenvalue weighted by molar-refractivity contribution is 5.87. The highest BCUT2D eigenvalue weighted by atomic mass is 19.1. The zero-order valence-corrected chi connectivity index (χ0v) is 18.6. The number of hydrogen-bond acceptors (Lipinski definition) is 3. The van der Waals surface area contributed by atoms with Crippen LogP contribution in [-0.2, 0) is 27.2 Å². The molecule has 1 aliphatic heterocycles. The second kappa shape index (κ2) is 9.96. The van der Waals surface area contributed by atoms with E-state index in [4.69, 9.17) is 4.74 Å². The minimum atomic E-state index is -1.16. The molecule has 1 unspecified atom stereocenters. The number of rotatable bonds is 6. The number of carbonyl (C=O) groups excluding carboxylic acids is 2. The van der Waals surface area contributed by atoms with Gasteiger partial charge >= 0.3 is 0 Å². The van der Waals surface area contributed by atoms with Gasteiger partial charge in [-0.25, -0.2) is 4.39 Å². The maximum Gasteiger partial charge on any atom is 0.254 e. The number of ether oxygens (including phenoxy) is 1. The van der Waals surface area contributed by atoms with Crippen molar-refractivity contribution in [1.82, 2.24) is 10.2 Å². The SMILES string of the molecule is CNC(=O)C1(Cc2ccc(-c3ccc(F)cc3)cc2)CN(C(=O)Cc2ccccc2)CCO1. The van der Waals surface area contributed by atoms with Crippen molar-refractivity contribution < 1.29 is 18.7 Å². The second-order valence-electron chi connectivity index (χ2n) is 8.28. The first-order valence-electron chi connectivity index (χ1n) is 11.0. The van der Waals surface area contributed by atoms with Crippen LogP contribution >= 0.6 is 0 Å². The number of nitrogens with one attached hydrogen (secondary N) is 1. The molecule has 3 aromatic rings. The lowest BCUT2D eigenvalue weighted by molar-refractivity contribution is -0.165. The number of hydrogen-bond donors (Lipinski definition) is 1. The molecule has 1 atom stereocenters. The monoisotopic (exact) mass is 446 g/mol. The van der Waals surface area contributed by atoms with Crippen LogP contribution in [0.5, 0.6) is 0 Å². The molecule has 0 saturated carbocycles. The molecule has 33 heavy (non-hydrogen) atoms. The Balaban J connectivity index is 1.51. The van der Waals surface area contributed by atoms with Crippen LogP contribution in [0.15, 0.2) is 78.9 Å². The Morgan fingerprint density at radius 3 is 2.21 bits per heavy atom. The number of morpholine rings is 1. The minimum Gasteiger partial charge on any atom is -0.361 e. The smallest absolute Gasteiger partial charge is 0.254 e. The van der Waals surface area contributed by atoms with Gasteiger partial charge in [0.15, 0.2) is 5.60 Å². The first-order valence-corrected chi connectivity index (χ1v) is 11.0. The third kappa shape index (κ3) is 5.29. The third-order valence-corrected chi connectivity index (χ3v) is 6.00. The van der Waals surface area contributed by atoms with E-state index in [1.54, 1.807) is 24.1 Å². The van der Waals surface area contributed by atoms with E-state index in [1.165, 1.54) is 12.1 Å². The van der Waals surface area contributed by atoms with Crippen LogP contribution in [0.25, 0.3) is 11.1 Å². The summed E-state index contributed by atoms with van der Waals surface area (Å²) in [5, 5.41) is 2.71. The lowest BCUT2D eigenvalue weighted by Gasteiger charge is -2.41. The first-order chi connectivity index (χ1) is 16.0. The highest BCUT2D eigenvalue weighted by Gasteiger charge is 2.44. The Bertz CT molecular complexity index is 1100. The van der Waals surface area contributed by atoms with Gasteiger partial charge in [-0.05, 0) is 34.4 Å². The van der Waals surface area contributed by atoms with Crippen molar-refractivity contribution in [1.29, 1.82) is 0 Å². The molecular weight excluding hydrogens is 419 g/mol. The molecule has 0 radical (unpaired) electrons. The highest BCUT2D eigenvalue weighted by Crippen LogP contribution is 2.27. The predicted octanol–water partition coefficient (Wildman–Crippen LogP) is 3.62. The number of amides is 2. The standard InChI is InChI=1S/C27H27FN2O3/c1-29-26(32)27(18-21-7-9-22(10-8-21)23-11-13-24(28)14-12-23)19-30(15-16-33-27)25(31)17-20-5-3-2-4-6-20/h2-14H,15-19H2,1H3,(H,29,32). The third-order valence-electron chi connectivity index (χ3n) is 6.00. The predicted molar refractivity (Wildman–Crippen MR) is 125 cm³/mol. The molecule has 0 aromatic heterocycles. The average molecular weight is 447 g/mol. The summed E-state index contributed by atoms with van der Waals surface area (Å²) >= 11 is 0. The summed E-state index contributed by atoms with van der Waals surface area (Å²) in [6.45, 7) is 0.938. The Labute approximate surface area is 193 Å². The van der Waals surface area contributed by atoms with Gasteiger partial charge < -0.3 is 15.0 Å². The molecule has 170 valence electrons. The summed E-state index contributed by atoms with van der Waals surface area (Å²) in [6, 6.07) is 23.7. The van der Waals surface area contributed by atoms with Crippen molar-refractivity contribution in [3.8, 4) is 11.1 Å². The quantitative estimate of drug-likeness (QED) is 0.629. The van der Waals surface area contributed by atoms with Crippen molar-refractivity contribution in [2.24, 2.45) is 0 Å². The number of nitrogens with zero attached hydrogens (tertiary/aromatic N) is 1. The molecule has 0 bridgehead atoms. The van der Waals surface area contributed by atoms with Gasteiger partial charge in [0.25, 0.3) is 5.91 Å². The topological polar surface area (TPSA) is 58.6 Å². The molecule has 0 aliphatic carbocycles. The fourth-order valence-electron chi connectivity index (χ4n) is 4.22. The normalized spacial score (nSPS) is 18.1. The van der Waals surface area contributed by atoms with E-state index in [0.717, 1.165) is 22.3 Å². The second-order valence-corrected chi connectivity index (χ2v) is 8.28. The molecular formula is C27H27FN2O3. The molecule has 1 fully saturated rings. The first kappa shape index (κ1) is 22.7. The van der Waals surface area contributed by atoms with Gasteiger partial charge in [-0.2, -0.15) is 0 Å². The summed E-state index contributed by atoms with van der Waals surface area (Å²) in [5.74, 6) is -0.546. The number of halogens is 1. The lowest BCUT2D eigenvalue weighted by atomic mass is 9.90. The zero-order valence-electron chi connectivity index (χ0n) is 18.6. The molecule has 5 nitrogen and oxygen atoms in total. The van der Waals surface area contributed by atoms with Gasteiger partial charge in [0.2, 0.25) is 5.91 Å². The molecule has 1 N–H and O–H groups in total. The van der Waals surface area contributed by atoms with Crippen molar-refractivity contribution in [3.05, 3.63) is 95.8 Å². The van der Waals surface area contributed by atoms with Crippen molar-refractivity contribution in [2.45, 2.75) is 18.4 Å². The molecule has 1 heterocycles. The minimum absolute atomic E-state index is 0.0237. The van der Waals surface area contributed by atoms with E-state index in [9.17, 15) is 14.0 Å². The molecule has 3 aromatic carbocycles. The Morgan fingerprint density at radius 1 is 0.939 bits per heavy atom.